The number of aliphatic hydroxyl groups is 1. The molecule has 0 radical (unpaired) electrons. The van der Waals surface area contributed by atoms with Crippen molar-refractivity contribution in [1.29, 1.82) is 0 Å². The summed E-state index contributed by atoms with van der Waals surface area (Å²) >= 11 is 0. The van der Waals surface area contributed by atoms with E-state index >= 15 is 0 Å². The van der Waals surface area contributed by atoms with Crippen LogP contribution in [0.5, 0.6) is 0 Å². The molecule has 0 saturated carbocycles. The predicted octanol–water partition coefficient (Wildman–Crippen LogP) is 2.11. The van der Waals surface area contributed by atoms with Crippen molar-refractivity contribution in [1.82, 2.24) is 0 Å². The smallest absolute Gasteiger partial charge is 0.0693 e. The van der Waals surface area contributed by atoms with Gasteiger partial charge in [-0.1, -0.05) is 20.6 Å². The monoisotopic (exact) mass is 194 g/mol. The number of rotatable bonds is 6. The van der Waals surface area contributed by atoms with Gasteiger partial charge in [-0.25, -0.2) is 0 Å². The topological polar surface area (TPSA) is 29.5 Å². The molecular weight excluding hydrogens is 178 g/mol. The summed E-state index contributed by atoms with van der Waals surface area (Å²) in [6.45, 7) is 3.03. The Morgan fingerprint density at radius 1 is 1.73 bits per heavy atom. The van der Waals surface area contributed by atoms with Gasteiger partial charge in [0.1, 0.15) is 0 Å². The van der Waals surface area contributed by atoms with E-state index in [1.807, 2.05) is 0 Å². The fraction of sp³-hybridized carbons (Fsp3) is 0.714. The highest BCUT2D eigenvalue weighted by Crippen LogP contribution is 2.20. The van der Waals surface area contributed by atoms with Gasteiger partial charge in [-0.05, 0) is 19.8 Å². The maximum absolute atomic E-state index is 8.53. The zero-order valence-corrected chi connectivity index (χ0v) is 8.99. The molecule has 0 aliphatic heterocycles. The maximum Gasteiger partial charge on any atom is 0.0693 e. The van der Waals surface area contributed by atoms with Crippen molar-refractivity contribution in [3.8, 4) is 0 Å². The molecule has 0 heterocycles. The molecule has 2 unspecified atom stereocenters. The molecule has 0 spiro atoms. The lowest BCUT2D eigenvalue weighted by Gasteiger charge is -1.99. The van der Waals surface area contributed by atoms with E-state index in [1.54, 1.807) is 0 Å². The normalized spacial score (nSPS) is 13.2. The van der Waals surface area contributed by atoms with Crippen LogP contribution in [0.3, 0.4) is 0 Å². The average molecular weight is 194 g/mol. The summed E-state index contributed by atoms with van der Waals surface area (Å²) in [5, 5.41) is 8.53. The highest BCUT2D eigenvalue weighted by Gasteiger charge is 1.88. The first-order chi connectivity index (χ1) is 5.31. The summed E-state index contributed by atoms with van der Waals surface area (Å²) in [5.74, 6) is 0. The van der Waals surface area contributed by atoms with E-state index in [4.69, 9.17) is 9.63 Å². The second kappa shape index (κ2) is 8.62. The van der Waals surface area contributed by atoms with Crippen LogP contribution in [0, 0.1) is 0 Å². The minimum absolute atomic E-state index is 0.275. The van der Waals surface area contributed by atoms with E-state index < -0.39 is 0 Å². The Labute approximate surface area is 72.4 Å². The van der Waals surface area contributed by atoms with Gasteiger partial charge in [-0.2, -0.15) is 0 Å². The molecule has 4 heteroatoms. The SMILES string of the molecule is CC(=CCOPP)CCCO. The molecule has 1 N–H and O–H groups in total. The van der Waals surface area contributed by atoms with E-state index in [2.05, 4.69) is 21.9 Å². The van der Waals surface area contributed by atoms with Gasteiger partial charge < -0.3 is 9.63 Å². The molecule has 66 valence electrons. The van der Waals surface area contributed by atoms with Crippen LogP contribution >= 0.6 is 17.4 Å². The average Bonchev–Trinajstić information content (AvgIpc) is 2.01. The van der Waals surface area contributed by atoms with Crippen LogP contribution in [0.25, 0.3) is 0 Å². The van der Waals surface area contributed by atoms with Crippen molar-refractivity contribution in [2.24, 2.45) is 0 Å². The first-order valence-electron chi connectivity index (χ1n) is 3.65. The van der Waals surface area contributed by atoms with Crippen molar-refractivity contribution in [2.45, 2.75) is 19.8 Å². The molecule has 0 amide bonds. The van der Waals surface area contributed by atoms with Crippen molar-refractivity contribution in [3.05, 3.63) is 11.6 Å². The lowest BCUT2D eigenvalue weighted by molar-refractivity contribution is 0.288. The van der Waals surface area contributed by atoms with E-state index in [0.717, 1.165) is 12.8 Å². The van der Waals surface area contributed by atoms with Crippen LogP contribution in [0.4, 0.5) is 0 Å². The van der Waals surface area contributed by atoms with Gasteiger partial charge in [0.05, 0.1) is 6.61 Å². The number of allylic oxidation sites excluding steroid dienone is 1. The van der Waals surface area contributed by atoms with Crippen LogP contribution in [-0.2, 0) is 4.52 Å². The third kappa shape index (κ3) is 8.43. The third-order valence-electron chi connectivity index (χ3n) is 1.33. The summed E-state index contributed by atoms with van der Waals surface area (Å²) in [5.41, 5.74) is 1.29. The van der Waals surface area contributed by atoms with Gasteiger partial charge in [0, 0.05) is 15.1 Å². The third-order valence-corrected chi connectivity index (χ3v) is 2.16. The zero-order chi connectivity index (χ0) is 8.53. The Balaban J connectivity index is 3.30. The van der Waals surface area contributed by atoms with Crippen molar-refractivity contribution < 1.29 is 9.63 Å². The van der Waals surface area contributed by atoms with Gasteiger partial charge in [-0.3, -0.25) is 0 Å². The molecule has 0 rings (SSSR count). The number of aliphatic hydroxyl groups excluding tert-OH is 1. The summed E-state index contributed by atoms with van der Waals surface area (Å²) < 4.78 is 5.14. The summed E-state index contributed by atoms with van der Waals surface area (Å²) in [6.07, 6.45) is 3.89. The highest BCUT2D eigenvalue weighted by atomic mass is 32.0. The lowest BCUT2D eigenvalue weighted by atomic mass is 10.2. The van der Waals surface area contributed by atoms with Gasteiger partial charge in [0.2, 0.25) is 0 Å². The molecule has 0 saturated heterocycles. The van der Waals surface area contributed by atoms with Gasteiger partial charge in [0.15, 0.2) is 0 Å². The van der Waals surface area contributed by atoms with Crippen LogP contribution in [0.1, 0.15) is 19.8 Å². The minimum Gasteiger partial charge on any atom is -0.396 e. The zero-order valence-electron chi connectivity index (χ0n) is 6.84. The van der Waals surface area contributed by atoms with E-state index in [9.17, 15) is 0 Å². The highest BCUT2D eigenvalue weighted by molar-refractivity contribution is 8.00. The fourth-order valence-electron chi connectivity index (χ4n) is 0.692. The summed E-state index contributed by atoms with van der Waals surface area (Å²) in [6, 6.07) is 0. The van der Waals surface area contributed by atoms with E-state index in [-0.39, 0.29) is 6.61 Å². The predicted molar refractivity (Wildman–Crippen MR) is 54.1 cm³/mol. The standard InChI is InChI=1S/C7H16O2P2/c1-7(3-2-5-8)4-6-9-11-10/h4,8,11H,2-3,5-6,10H2,1H3. The van der Waals surface area contributed by atoms with Crippen LogP contribution in [0.15, 0.2) is 11.6 Å². The van der Waals surface area contributed by atoms with Crippen molar-refractivity contribution in [2.75, 3.05) is 13.2 Å². The lowest BCUT2D eigenvalue weighted by Crippen LogP contribution is -1.86. The molecule has 0 aliphatic carbocycles. The van der Waals surface area contributed by atoms with Crippen molar-refractivity contribution >= 4 is 17.4 Å². The molecule has 0 aromatic heterocycles. The molecule has 11 heavy (non-hydrogen) atoms. The fourth-order valence-corrected chi connectivity index (χ4v) is 1.16. The summed E-state index contributed by atoms with van der Waals surface area (Å²) in [4.78, 5) is 0. The molecule has 2 nitrogen and oxygen atoms in total. The molecule has 0 aromatic carbocycles. The molecule has 0 bridgehead atoms. The van der Waals surface area contributed by atoms with Crippen LogP contribution in [-0.4, -0.2) is 18.3 Å². The Morgan fingerprint density at radius 3 is 3.00 bits per heavy atom. The van der Waals surface area contributed by atoms with Gasteiger partial charge in [0.25, 0.3) is 0 Å². The van der Waals surface area contributed by atoms with Gasteiger partial charge in [-0.15, -0.1) is 0 Å². The summed E-state index contributed by atoms with van der Waals surface area (Å²) in [7, 11) is 3.02. The molecule has 2 atom stereocenters. The molecule has 0 aliphatic rings. The second-order valence-corrected chi connectivity index (χ2v) is 3.54. The number of hydrogen-bond acceptors (Lipinski definition) is 2. The quantitative estimate of drug-likeness (QED) is 0.398. The molecule has 0 fully saturated rings. The maximum atomic E-state index is 8.53. The minimum atomic E-state index is 0.275. The largest absolute Gasteiger partial charge is 0.396 e. The number of hydrogen-bond donors (Lipinski definition) is 1. The van der Waals surface area contributed by atoms with E-state index in [1.165, 1.54) is 5.57 Å². The van der Waals surface area contributed by atoms with Crippen LogP contribution < -0.4 is 0 Å². The molecule has 0 aromatic rings. The Bertz CT molecular complexity index is 115. The first-order valence-corrected chi connectivity index (χ1v) is 6.37. The van der Waals surface area contributed by atoms with Crippen LogP contribution in [0.2, 0.25) is 0 Å². The van der Waals surface area contributed by atoms with E-state index in [0.29, 0.717) is 15.1 Å². The Hall–Kier alpha value is 0.520. The first kappa shape index (κ1) is 11.5. The Morgan fingerprint density at radius 2 is 2.45 bits per heavy atom. The second-order valence-electron chi connectivity index (χ2n) is 2.31. The molecular formula is C7H16O2P2. The van der Waals surface area contributed by atoms with Gasteiger partial charge >= 0.3 is 0 Å². The Kier molecular flexibility index (Phi) is 9.02. The van der Waals surface area contributed by atoms with Crippen molar-refractivity contribution in [3.63, 3.8) is 0 Å².